The number of hydrogen-bond acceptors (Lipinski definition) is 6. The van der Waals surface area contributed by atoms with Crippen molar-refractivity contribution in [3.8, 4) is 5.69 Å². The second-order valence-corrected chi connectivity index (χ2v) is 8.12. The van der Waals surface area contributed by atoms with Crippen molar-refractivity contribution in [1.29, 1.82) is 0 Å². The Hall–Kier alpha value is -2.22. The monoisotopic (exact) mass is 396 g/mol. The minimum atomic E-state index is -0.227. The van der Waals surface area contributed by atoms with Gasteiger partial charge in [0.1, 0.15) is 5.82 Å². The first kappa shape index (κ1) is 20.1. The zero-order valence-electron chi connectivity index (χ0n) is 17.1. The van der Waals surface area contributed by atoms with Gasteiger partial charge in [0.2, 0.25) is 0 Å². The van der Waals surface area contributed by atoms with Crippen LogP contribution in [0.5, 0.6) is 0 Å². The van der Waals surface area contributed by atoms with Crippen LogP contribution >= 0.6 is 0 Å². The Balaban J connectivity index is 1.38. The Morgan fingerprint density at radius 1 is 1.03 bits per heavy atom. The van der Waals surface area contributed by atoms with Crippen LogP contribution in [0.4, 0.5) is 5.82 Å². The van der Waals surface area contributed by atoms with Crippen molar-refractivity contribution in [3.63, 3.8) is 0 Å². The highest BCUT2D eigenvalue weighted by Crippen LogP contribution is 2.14. The molecule has 7 nitrogen and oxygen atoms in total. The number of nitrogens with two attached hydrogens (primary N) is 1. The fourth-order valence-corrected chi connectivity index (χ4v) is 4.18. The third-order valence-electron chi connectivity index (χ3n) is 6.03. The van der Waals surface area contributed by atoms with Crippen LogP contribution < -0.4 is 21.6 Å². The van der Waals surface area contributed by atoms with E-state index < -0.39 is 0 Å². The Morgan fingerprint density at radius 3 is 2.59 bits per heavy atom. The molecule has 2 aliphatic rings. The van der Waals surface area contributed by atoms with Gasteiger partial charge in [0.05, 0.1) is 5.69 Å². The van der Waals surface area contributed by atoms with Crippen LogP contribution in [0.2, 0.25) is 0 Å². The van der Waals surface area contributed by atoms with Crippen LogP contribution in [0, 0.1) is 0 Å². The van der Waals surface area contributed by atoms with Gasteiger partial charge in [-0.25, -0.2) is 4.79 Å². The molecule has 2 saturated heterocycles. The van der Waals surface area contributed by atoms with Gasteiger partial charge in [0.15, 0.2) is 0 Å². The molecule has 3 N–H and O–H groups in total. The van der Waals surface area contributed by atoms with Gasteiger partial charge in [-0.15, -0.1) is 0 Å². The molecule has 2 fully saturated rings. The summed E-state index contributed by atoms with van der Waals surface area (Å²) in [5, 5.41) is 3.32. The SMILES string of the molecule is NC1CCCN(CCc2ccc(-n3ccc(N4CCNCC4)nc3=O)cc2)CC1. The standard InChI is InChI=1S/C22H32N6O/c23-19-2-1-12-26(14-8-19)13-7-18-3-5-20(6-4-18)28-15-9-21(25-22(28)29)27-16-10-24-11-17-27/h3-6,9,15,19,24H,1-2,7-8,10-14,16-17,23H2. The molecule has 3 heterocycles. The number of benzene rings is 1. The molecule has 1 atom stereocenters. The van der Waals surface area contributed by atoms with Crippen molar-refractivity contribution in [2.24, 2.45) is 5.73 Å². The molecule has 7 heteroatoms. The fourth-order valence-electron chi connectivity index (χ4n) is 4.18. The molecule has 0 bridgehead atoms. The highest BCUT2D eigenvalue weighted by Gasteiger charge is 2.14. The molecule has 0 amide bonds. The molecule has 156 valence electrons. The average Bonchev–Trinajstić information content (AvgIpc) is 2.97. The smallest absolute Gasteiger partial charge is 0.354 e. The van der Waals surface area contributed by atoms with Gasteiger partial charge in [-0.05, 0) is 62.5 Å². The molecule has 2 aliphatic heterocycles. The lowest BCUT2D eigenvalue weighted by Crippen LogP contribution is -2.44. The van der Waals surface area contributed by atoms with E-state index in [2.05, 4.69) is 32.2 Å². The van der Waals surface area contributed by atoms with Gasteiger partial charge >= 0.3 is 5.69 Å². The van der Waals surface area contributed by atoms with Gasteiger partial charge in [0, 0.05) is 45.0 Å². The van der Waals surface area contributed by atoms with E-state index in [4.69, 9.17) is 5.73 Å². The average molecular weight is 397 g/mol. The zero-order chi connectivity index (χ0) is 20.1. The van der Waals surface area contributed by atoms with E-state index in [1.54, 1.807) is 4.57 Å². The quantitative estimate of drug-likeness (QED) is 0.785. The summed E-state index contributed by atoms with van der Waals surface area (Å²) in [7, 11) is 0. The lowest BCUT2D eigenvalue weighted by Gasteiger charge is -2.28. The van der Waals surface area contributed by atoms with Gasteiger partial charge in [-0.2, -0.15) is 4.98 Å². The lowest BCUT2D eigenvalue weighted by molar-refractivity contribution is 0.287. The minimum absolute atomic E-state index is 0.227. The first-order valence-corrected chi connectivity index (χ1v) is 10.8. The van der Waals surface area contributed by atoms with Crippen molar-refractivity contribution >= 4 is 5.82 Å². The van der Waals surface area contributed by atoms with Gasteiger partial charge in [-0.1, -0.05) is 12.1 Å². The van der Waals surface area contributed by atoms with Crippen molar-refractivity contribution in [2.75, 3.05) is 50.7 Å². The number of piperazine rings is 1. The Labute approximate surface area is 172 Å². The predicted octanol–water partition coefficient (Wildman–Crippen LogP) is 0.998. The number of hydrogen-bond donors (Lipinski definition) is 2. The largest absolute Gasteiger partial charge is 0.354 e. The van der Waals surface area contributed by atoms with Crippen molar-refractivity contribution < 1.29 is 0 Å². The zero-order valence-corrected chi connectivity index (χ0v) is 17.1. The highest BCUT2D eigenvalue weighted by molar-refractivity contribution is 5.40. The van der Waals surface area contributed by atoms with Gasteiger partial charge in [-0.3, -0.25) is 4.57 Å². The number of anilines is 1. The van der Waals surface area contributed by atoms with Crippen LogP contribution in [-0.4, -0.2) is 66.3 Å². The first-order chi connectivity index (χ1) is 14.2. The van der Waals surface area contributed by atoms with E-state index in [9.17, 15) is 4.79 Å². The maximum absolute atomic E-state index is 12.6. The maximum Gasteiger partial charge on any atom is 0.354 e. The molecule has 0 spiro atoms. The van der Waals surface area contributed by atoms with Crippen LogP contribution in [0.1, 0.15) is 24.8 Å². The number of likely N-dealkylation sites (tertiary alicyclic amines) is 1. The van der Waals surface area contributed by atoms with Crippen molar-refractivity contribution in [2.45, 2.75) is 31.7 Å². The van der Waals surface area contributed by atoms with Crippen LogP contribution in [0.15, 0.2) is 41.3 Å². The number of aromatic nitrogens is 2. The van der Waals surface area contributed by atoms with E-state index in [0.29, 0.717) is 6.04 Å². The molecule has 0 aliphatic carbocycles. The van der Waals surface area contributed by atoms with Crippen molar-refractivity contribution in [1.82, 2.24) is 19.8 Å². The third-order valence-corrected chi connectivity index (χ3v) is 6.03. The molecule has 0 radical (unpaired) electrons. The summed E-state index contributed by atoms with van der Waals surface area (Å²) in [6, 6.07) is 10.6. The van der Waals surface area contributed by atoms with Crippen LogP contribution in [-0.2, 0) is 6.42 Å². The Kier molecular flexibility index (Phi) is 6.59. The molecule has 1 unspecified atom stereocenters. The van der Waals surface area contributed by atoms with Crippen LogP contribution in [0.25, 0.3) is 5.69 Å². The summed E-state index contributed by atoms with van der Waals surface area (Å²) in [6.45, 7) is 6.92. The number of rotatable bonds is 5. The minimum Gasteiger partial charge on any atom is -0.354 e. The summed E-state index contributed by atoms with van der Waals surface area (Å²) in [4.78, 5) is 21.5. The molecule has 4 rings (SSSR count). The van der Waals surface area contributed by atoms with E-state index in [-0.39, 0.29) is 5.69 Å². The Bertz CT molecular complexity index is 843. The second kappa shape index (κ2) is 9.52. The predicted molar refractivity (Wildman–Crippen MR) is 117 cm³/mol. The molecule has 29 heavy (non-hydrogen) atoms. The fraction of sp³-hybridized carbons (Fsp3) is 0.545. The summed E-state index contributed by atoms with van der Waals surface area (Å²) < 4.78 is 1.62. The Morgan fingerprint density at radius 2 is 1.83 bits per heavy atom. The summed E-state index contributed by atoms with van der Waals surface area (Å²) in [5.74, 6) is 0.765. The molecular weight excluding hydrogens is 364 g/mol. The van der Waals surface area contributed by atoms with Crippen LogP contribution in [0.3, 0.4) is 0 Å². The van der Waals surface area contributed by atoms with Crippen molar-refractivity contribution in [3.05, 3.63) is 52.6 Å². The molecule has 2 aromatic rings. The first-order valence-electron chi connectivity index (χ1n) is 10.8. The second-order valence-electron chi connectivity index (χ2n) is 8.12. The molecular formula is C22H32N6O. The number of nitrogens with zero attached hydrogens (tertiary/aromatic N) is 4. The van der Waals surface area contributed by atoms with E-state index in [1.807, 2.05) is 24.4 Å². The van der Waals surface area contributed by atoms with Gasteiger partial charge in [0.25, 0.3) is 0 Å². The maximum atomic E-state index is 12.6. The lowest BCUT2D eigenvalue weighted by atomic mass is 10.1. The van der Waals surface area contributed by atoms with Gasteiger partial charge < -0.3 is 20.9 Å². The van der Waals surface area contributed by atoms with E-state index in [0.717, 1.165) is 76.6 Å². The summed E-state index contributed by atoms with van der Waals surface area (Å²) in [6.07, 6.45) is 6.28. The molecule has 1 aromatic heterocycles. The molecule has 1 aromatic carbocycles. The summed E-state index contributed by atoms with van der Waals surface area (Å²) in [5.41, 5.74) is 8.00. The van der Waals surface area contributed by atoms with E-state index >= 15 is 0 Å². The third kappa shape index (κ3) is 5.23. The molecule has 0 saturated carbocycles. The summed E-state index contributed by atoms with van der Waals surface area (Å²) >= 11 is 0. The van der Waals surface area contributed by atoms with E-state index in [1.165, 1.54) is 12.0 Å². The highest BCUT2D eigenvalue weighted by atomic mass is 16.1. The number of nitrogens with one attached hydrogen (secondary N) is 1. The normalized spacial score (nSPS) is 21.1. The topological polar surface area (TPSA) is 79.4 Å².